The molecule has 5 aromatic carbocycles. The summed E-state index contributed by atoms with van der Waals surface area (Å²) in [7, 11) is 0. The Morgan fingerprint density at radius 1 is 0.619 bits per heavy atom. The Balaban J connectivity index is 0.000000322. The van der Waals surface area contributed by atoms with Gasteiger partial charge in [0.15, 0.2) is 0 Å². The minimum absolute atomic E-state index is 0. The maximum Gasteiger partial charge on any atom is 0.147 e. The monoisotopic (exact) mass is 1010 g/mol. The van der Waals surface area contributed by atoms with Gasteiger partial charge in [-0.05, 0) is 74.5 Å². The first kappa shape index (κ1) is 41.6. The molecule has 0 unspecified atom stereocenters. The van der Waals surface area contributed by atoms with E-state index in [1.807, 2.05) is 54.7 Å². The summed E-state index contributed by atoms with van der Waals surface area (Å²) in [5, 5.41) is 3.16. The van der Waals surface area contributed by atoms with Crippen molar-refractivity contribution in [3.8, 4) is 33.6 Å². The zero-order valence-electron chi connectivity index (χ0n) is 41.5. The van der Waals surface area contributed by atoms with Crippen LogP contribution in [0, 0.1) is 19.0 Å². The quantitative estimate of drug-likeness (QED) is 0.155. The SMILES string of the molecule is CC(C)(C)c1ccc(-c2[c-]cccc2)nc1.[2H]C([2H])([2H])c1c[c-]c(-c2cc(C(C)(C)C)ncn2)c2oc3c(-c4c(C(C)C)cc(C(C)C)cc4C(C)C)c4oc5ccccc5c4cc3c12.[Ir]. The number of rotatable bonds is 6. The molecule has 4 aromatic heterocycles. The zero-order valence-corrected chi connectivity index (χ0v) is 40.9. The minimum Gasteiger partial charge on any atom is -0.500 e. The molecule has 6 heteroatoms. The molecule has 0 bridgehead atoms. The second-order valence-corrected chi connectivity index (χ2v) is 19.5. The molecule has 4 heterocycles. The molecule has 0 spiro atoms. The molecular formula is C57H59IrN3O2-2. The number of nitrogens with zero attached hydrogens (tertiary/aromatic N) is 3. The number of benzene rings is 5. The topological polar surface area (TPSA) is 65.0 Å². The van der Waals surface area contributed by atoms with Crippen LogP contribution in [-0.4, -0.2) is 15.0 Å². The van der Waals surface area contributed by atoms with Gasteiger partial charge in [-0.2, -0.15) is 0 Å². The van der Waals surface area contributed by atoms with Crippen molar-refractivity contribution in [2.75, 3.05) is 0 Å². The largest absolute Gasteiger partial charge is 0.500 e. The van der Waals surface area contributed by atoms with E-state index < -0.39 is 6.85 Å². The van der Waals surface area contributed by atoms with Gasteiger partial charge in [-0.15, -0.1) is 53.6 Å². The first-order valence-electron chi connectivity index (χ1n) is 23.3. The summed E-state index contributed by atoms with van der Waals surface area (Å²) in [5.41, 5.74) is 13.7. The van der Waals surface area contributed by atoms with E-state index in [2.05, 4.69) is 147 Å². The fraction of sp³-hybridized carbons (Fsp3) is 0.316. The summed E-state index contributed by atoms with van der Waals surface area (Å²) in [6.07, 6.45) is 3.51. The summed E-state index contributed by atoms with van der Waals surface area (Å²) in [6, 6.07) is 36.8. The molecule has 9 rings (SSSR count). The van der Waals surface area contributed by atoms with Gasteiger partial charge in [0.2, 0.25) is 0 Å². The molecule has 0 aliphatic carbocycles. The van der Waals surface area contributed by atoms with Gasteiger partial charge in [-0.25, -0.2) is 4.98 Å². The van der Waals surface area contributed by atoms with Crippen LogP contribution in [0.1, 0.15) is 138 Å². The number of furan rings is 2. The van der Waals surface area contributed by atoms with Gasteiger partial charge in [0.25, 0.3) is 0 Å². The molecule has 9 aromatic rings. The van der Waals surface area contributed by atoms with Crippen LogP contribution in [0.3, 0.4) is 0 Å². The van der Waals surface area contributed by atoms with Crippen molar-refractivity contribution in [2.45, 2.75) is 119 Å². The number of fused-ring (bicyclic) bond motifs is 6. The van der Waals surface area contributed by atoms with Crippen LogP contribution < -0.4 is 0 Å². The van der Waals surface area contributed by atoms with E-state index in [-0.39, 0.29) is 48.3 Å². The average molecular weight is 1010 g/mol. The zero-order chi connectivity index (χ0) is 46.7. The van der Waals surface area contributed by atoms with E-state index in [4.69, 9.17) is 12.9 Å². The molecule has 0 aliphatic heterocycles. The van der Waals surface area contributed by atoms with Gasteiger partial charge in [0.05, 0.1) is 11.1 Å². The number of aromatic nitrogens is 3. The molecular weight excluding hydrogens is 951 g/mol. The summed E-state index contributed by atoms with van der Waals surface area (Å²) < 4.78 is 39.6. The van der Waals surface area contributed by atoms with Crippen molar-refractivity contribution in [3.05, 3.63) is 149 Å². The Bertz CT molecular complexity index is 3160. The fourth-order valence-electron chi connectivity index (χ4n) is 8.25. The first-order valence-corrected chi connectivity index (χ1v) is 21.8. The molecule has 0 atom stereocenters. The number of hydrogen-bond acceptors (Lipinski definition) is 5. The summed E-state index contributed by atoms with van der Waals surface area (Å²) in [5.74, 6) is 0.746. The summed E-state index contributed by atoms with van der Waals surface area (Å²) in [6.45, 7) is 23.8. The van der Waals surface area contributed by atoms with Crippen LogP contribution >= 0.6 is 0 Å². The molecule has 0 saturated heterocycles. The van der Waals surface area contributed by atoms with Crippen LogP contribution in [0.15, 0.2) is 112 Å². The molecule has 63 heavy (non-hydrogen) atoms. The van der Waals surface area contributed by atoms with E-state index in [1.54, 1.807) is 12.4 Å². The van der Waals surface area contributed by atoms with Gasteiger partial charge >= 0.3 is 0 Å². The van der Waals surface area contributed by atoms with E-state index >= 15 is 0 Å². The van der Waals surface area contributed by atoms with Gasteiger partial charge in [0, 0.05) is 57.7 Å². The molecule has 325 valence electrons. The summed E-state index contributed by atoms with van der Waals surface area (Å²) >= 11 is 0. The normalized spacial score (nSPS) is 13.1. The van der Waals surface area contributed by atoms with Crippen molar-refractivity contribution in [1.82, 2.24) is 15.0 Å². The molecule has 0 aliphatic rings. The second kappa shape index (κ2) is 17.6. The van der Waals surface area contributed by atoms with Gasteiger partial charge in [0.1, 0.15) is 23.1 Å². The Kier molecular flexibility index (Phi) is 11.6. The van der Waals surface area contributed by atoms with Crippen molar-refractivity contribution < 1.29 is 33.1 Å². The van der Waals surface area contributed by atoms with E-state index in [9.17, 15) is 0 Å². The van der Waals surface area contributed by atoms with Crippen LogP contribution in [0.2, 0.25) is 0 Å². The molecule has 0 saturated carbocycles. The number of hydrogen-bond donors (Lipinski definition) is 0. The Labute approximate surface area is 391 Å². The van der Waals surface area contributed by atoms with Crippen molar-refractivity contribution in [1.29, 1.82) is 0 Å². The van der Waals surface area contributed by atoms with E-state index in [1.165, 1.54) is 22.3 Å². The maximum atomic E-state index is 8.61. The molecule has 5 nitrogen and oxygen atoms in total. The van der Waals surface area contributed by atoms with Gasteiger partial charge < -0.3 is 13.8 Å². The van der Waals surface area contributed by atoms with Gasteiger partial charge in [-0.1, -0.05) is 149 Å². The molecule has 0 fully saturated rings. The Morgan fingerprint density at radius 3 is 1.92 bits per heavy atom. The van der Waals surface area contributed by atoms with Crippen molar-refractivity contribution >= 4 is 43.9 Å². The smallest absolute Gasteiger partial charge is 0.147 e. The number of aryl methyl sites for hydroxylation is 1. The summed E-state index contributed by atoms with van der Waals surface area (Å²) in [4.78, 5) is 13.7. The number of pyridine rings is 1. The first-order chi connectivity index (χ1) is 30.6. The molecule has 0 amide bonds. The second-order valence-electron chi connectivity index (χ2n) is 19.5. The third-order valence-corrected chi connectivity index (χ3v) is 11.9. The van der Waals surface area contributed by atoms with Crippen LogP contribution in [0.4, 0.5) is 0 Å². The van der Waals surface area contributed by atoms with E-state index in [0.717, 1.165) is 55.4 Å². The Morgan fingerprint density at radius 2 is 1.32 bits per heavy atom. The third-order valence-electron chi connectivity index (χ3n) is 11.9. The molecule has 0 N–H and O–H groups in total. The van der Waals surface area contributed by atoms with Crippen molar-refractivity contribution in [3.63, 3.8) is 0 Å². The van der Waals surface area contributed by atoms with Crippen LogP contribution in [0.25, 0.3) is 77.5 Å². The Hall–Kier alpha value is -5.42. The average Bonchev–Trinajstić information content (AvgIpc) is 3.83. The van der Waals surface area contributed by atoms with Crippen LogP contribution in [0.5, 0.6) is 0 Å². The predicted molar refractivity (Wildman–Crippen MR) is 259 cm³/mol. The maximum absolute atomic E-state index is 8.61. The predicted octanol–water partition coefficient (Wildman–Crippen LogP) is 16.2. The third kappa shape index (κ3) is 8.78. The van der Waals surface area contributed by atoms with Crippen LogP contribution in [-0.2, 0) is 30.9 Å². The van der Waals surface area contributed by atoms with E-state index in [0.29, 0.717) is 33.7 Å². The fourth-order valence-corrected chi connectivity index (χ4v) is 8.25. The molecule has 1 radical (unpaired) electrons. The van der Waals surface area contributed by atoms with Gasteiger partial charge in [-0.3, -0.25) is 4.98 Å². The van der Waals surface area contributed by atoms with Crippen molar-refractivity contribution in [2.24, 2.45) is 0 Å². The number of para-hydroxylation sites is 1. The standard InChI is InChI=1S/C42H43N2O2.C15H16N.Ir/c1-22(2)26-17-29(23(3)4)37(30(18-26)24(5)6)38-40-31(27-13-11-12-14-34(27)45-40)19-32-36-25(7)15-16-28(39(36)46-41(32)38)33-20-35(42(8,9)10)44-21-43-33;1-15(2,3)13-9-10-14(16-11-13)12-7-5-4-6-8-12;/h11-15,17-24H,1-10H3;4-7,9-11H,1-3H3;/q2*-1;/i7D3;;. The minimum atomic E-state index is -2.41.